The number of aryl methyl sites for hydroxylation is 1. The predicted molar refractivity (Wildman–Crippen MR) is 98.9 cm³/mol. The molecule has 0 saturated carbocycles. The number of hydrogen-bond donors (Lipinski definition) is 2. The molecule has 8 nitrogen and oxygen atoms in total. The average Bonchev–Trinajstić information content (AvgIpc) is 2.64. The first kappa shape index (κ1) is 17.8. The summed E-state index contributed by atoms with van der Waals surface area (Å²) in [6, 6.07) is 9.18. The minimum Gasteiger partial charge on any atom is -0.485 e. The molecular formula is C18H23N5O3. The van der Waals surface area contributed by atoms with Crippen LogP contribution in [0.15, 0.2) is 30.3 Å². The maximum Gasteiger partial charge on any atom is 0.264 e. The van der Waals surface area contributed by atoms with Crippen molar-refractivity contribution in [3.05, 3.63) is 36.2 Å². The number of anilines is 2. The molecule has 1 aromatic carbocycles. The topological polar surface area (TPSA) is 88.6 Å². The van der Waals surface area contributed by atoms with E-state index in [0.717, 1.165) is 11.6 Å². The largest absolute Gasteiger partial charge is 0.485 e. The minimum absolute atomic E-state index is 0.200. The van der Waals surface area contributed by atoms with Gasteiger partial charge in [-0.15, -0.1) is 0 Å². The normalized spacial score (nSPS) is 15.3. The number of hydrogen-bond acceptors (Lipinski definition) is 7. The van der Waals surface area contributed by atoms with Gasteiger partial charge in [-0.2, -0.15) is 0 Å². The summed E-state index contributed by atoms with van der Waals surface area (Å²) >= 11 is 0. The number of rotatable bonds is 6. The lowest BCUT2D eigenvalue weighted by molar-refractivity contribution is -0.130. The van der Waals surface area contributed by atoms with Crippen LogP contribution in [-0.4, -0.2) is 55.8 Å². The number of benzene rings is 1. The summed E-state index contributed by atoms with van der Waals surface area (Å²) in [5, 5.41) is 6.04. The second-order valence-corrected chi connectivity index (χ2v) is 6.14. The molecule has 8 heteroatoms. The molecule has 138 valence electrons. The van der Waals surface area contributed by atoms with Gasteiger partial charge < -0.3 is 25.0 Å². The third kappa shape index (κ3) is 4.33. The molecule has 0 fully saturated rings. The fraction of sp³-hybridized carbons (Fsp3) is 0.389. The van der Waals surface area contributed by atoms with Crippen molar-refractivity contribution in [3.63, 3.8) is 0 Å². The maximum atomic E-state index is 12.2. The number of amides is 1. The summed E-state index contributed by atoms with van der Waals surface area (Å²) in [6.07, 6.45) is -0.647. The Bertz CT molecular complexity index is 781. The van der Waals surface area contributed by atoms with Crippen molar-refractivity contribution in [1.29, 1.82) is 0 Å². The van der Waals surface area contributed by atoms with Crippen molar-refractivity contribution in [2.75, 3.05) is 44.0 Å². The van der Waals surface area contributed by atoms with E-state index in [-0.39, 0.29) is 12.5 Å². The van der Waals surface area contributed by atoms with Gasteiger partial charge in [-0.25, -0.2) is 9.97 Å². The second kappa shape index (κ2) is 7.90. The van der Waals surface area contributed by atoms with Crippen LogP contribution in [0.2, 0.25) is 0 Å². The molecule has 1 atom stereocenters. The van der Waals surface area contributed by atoms with Gasteiger partial charge in [0, 0.05) is 33.3 Å². The quantitative estimate of drug-likeness (QED) is 0.752. The van der Waals surface area contributed by atoms with Crippen LogP contribution in [0.3, 0.4) is 0 Å². The summed E-state index contributed by atoms with van der Waals surface area (Å²) in [7, 11) is 3.85. The van der Waals surface area contributed by atoms with E-state index in [2.05, 4.69) is 20.6 Å². The van der Waals surface area contributed by atoms with Gasteiger partial charge in [0.25, 0.3) is 5.91 Å². The van der Waals surface area contributed by atoms with E-state index in [1.54, 1.807) is 6.07 Å². The molecule has 1 unspecified atom stereocenters. The van der Waals surface area contributed by atoms with Gasteiger partial charge in [-0.3, -0.25) is 4.79 Å². The molecule has 2 heterocycles. The molecule has 0 saturated heterocycles. The number of nitrogens with zero attached hydrogens (tertiary/aromatic N) is 3. The predicted octanol–water partition coefficient (Wildman–Crippen LogP) is 1.22. The zero-order valence-electron chi connectivity index (χ0n) is 15.2. The zero-order valence-corrected chi connectivity index (χ0v) is 15.2. The Morgan fingerprint density at radius 2 is 2.00 bits per heavy atom. The fourth-order valence-corrected chi connectivity index (χ4v) is 2.51. The van der Waals surface area contributed by atoms with Crippen LogP contribution < -0.4 is 25.0 Å². The molecule has 1 aliphatic heterocycles. The molecule has 1 amide bonds. The van der Waals surface area contributed by atoms with Crippen molar-refractivity contribution < 1.29 is 14.3 Å². The van der Waals surface area contributed by atoms with Crippen LogP contribution in [0.1, 0.15) is 5.82 Å². The lowest BCUT2D eigenvalue weighted by Gasteiger charge is -2.25. The fourth-order valence-electron chi connectivity index (χ4n) is 2.51. The molecule has 0 spiro atoms. The Balaban J connectivity index is 1.46. The maximum absolute atomic E-state index is 12.2. The van der Waals surface area contributed by atoms with Crippen LogP contribution in [-0.2, 0) is 4.79 Å². The first-order valence-electron chi connectivity index (χ1n) is 8.46. The van der Waals surface area contributed by atoms with Gasteiger partial charge in [0.2, 0.25) is 6.10 Å². The van der Waals surface area contributed by atoms with E-state index in [1.165, 1.54) is 0 Å². The third-order valence-electron chi connectivity index (χ3n) is 3.81. The van der Waals surface area contributed by atoms with Gasteiger partial charge in [0.15, 0.2) is 11.5 Å². The van der Waals surface area contributed by atoms with Crippen LogP contribution >= 0.6 is 0 Å². The number of nitrogens with one attached hydrogen (secondary N) is 2. The lowest BCUT2D eigenvalue weighted by Crippen LogP contribution is -2.45. The zero-order chi connectivity index (χ0) is 18.5. The first-order chi connectivity index (χ1) is 12.5. The molecule has 3 rings (SSSR count). The number of ether oxygens (including phenoxy) is 2. The molecular weight excluding hydrogens is 334 g/mol. The summed E-state index contributed by atoms with van der Waals surface area (Å²) in [5.41, 5.74) is 0. The Morgan fingerprint density at radius 3 is 2.77 bits per heavy atom. The summed E-state index contributed by atoms with van der Waals surface area (Å²) in [5.74, 6) is 3.29. The highest BCUT2D eigenvalue weighted by molar-refractivity contribution is 5.81. The Hall–Kier alpha value is -3.03. The minimum atomic E-state index is -0.647. The number of para-hydroxylation sites is 2. The van der Waals surface area contributed by atoms with Gasteiger partial charge in [-0.1, -0.05) is 12.1 Å². The molecule has 0 bridgehead atoms. The van der Waals surface area contributed by atoms with Crippen LogP contribution in [0, 0.1) is 6.92 Å². The van der Waals surface area contributed by atoms with E-state index >= 15 is 0 Å². The monoisotopic (exact) mass is 357 g/mol. The van der Waals surface area contributed by atoms with Crippen molar-refractivity contribution >= 4 is 17.5 Å². The van der Waals surface area contributed by atoms with E-state index in [1.807, 2.05) is 50.2 Å². The molecule has 0 aliphatic carbocycles. The molecule has 0 radical (unpaired) electrons. The number of fused-ring (bicyclic) bond motifs is 1. The van der Waals surface area contributed by atoms with Crippen molar-refractivity contribution in [2.45, 2.75) is 13.0 Å². The Labute approximate surface area is 152 Å². The molecule has 1 aromatic heterocycles. The summed E-state index contributed by atoms with van der Waals surface area (Å²) in [4.78, 5) is 22.8. The van der Waals surface area contributed by atoms with Crippen molar-refractivity contribution in [2.24, 2.45) is 0 Å². The smallest absolute Gasteiger partial charge is 0.264 e. The summed E-state index contributed by atoms with van der Waals surface area (Å²) in [6.45, 7) is 3.03. The van der Waals surface area contributed by atoms with Gasteiger partial charge in [-0.05, 0) is 19.1 Å². The van der Waals surface area contributed by atoms with E-state index in [9.17, 15) is 4.79 Å². The van der Waals surface area contributed by atoms with Crippen LogP contribution in [0.25, 0.3) is 0 Å². The molecule has 26 heavy (non-hydrogen) atoms. The van der Waals surface area contributed by atoms with E-state index < -0.39 is 6.10 Å². The van der Waals surface area contributed by atoms with Gasteiger partial charge in [0.1, 0.15) is 24.1 Å². The number of carbonyl (C=O) groups excluding carboxylic acids is 1. The Kier molecular flexibility index (Phi) is 5.40. The van der Waals surface area contributed by atoms with E-state index in [4.69, 9.17) is 9.47 Å². The second-order valence-electron chi connectivity index (χ2n) is 6.14. The third-order valence-corrected chi connectivity index (χ3v) is 3.81. The van der Waals surface area contributed by atoms with Crippen LogP contribution in [0.4, 0.5) is 11.6 Å². The molecule has 2 N–H and O–H groups in total. The first-order valence-corrected chi connectivity index (χ1v) is 8.46. The lowest BCUT2D eigenvalue weighted by atomic mass is 10.2. The number of aromatic nitrogens is 2. The van der Waals surface area contributed by atoms with Gasteiger partial charge >= 0.3 is 0 Å². The summed E-state index contributed by atoms with van der Waals surface area (Å²) < 4.78 is 11.2. The highest BCUT2D eigenvalue weighted by Crippen LogP contribution is 2.30. The van der Waals surface area contributed by atoms with E-state index in [0.29, 0.717) is 30.4 Å². The highest BCUT2D eigenvalue weighted by Gasteiger charge is 2.26. The van der Waals surface area contributed by atoms with Gasteiger partial charge in [0.05, 0.1) is 0 Å². The van der Waals surface area contributed by atoms with Crippen molar-refractivity contribution in [1.82, 2.24) is 15.3 Å². The van der Waals surface area contributed by atoms with Crippen LogP contribution in [0.5, 0.6) is 11.5 Å². The Morgan fingerprint density at radius 1 is 1.23 bits per heavy atom. The molecule has 1 aliphatic rings. The molecule has 2 aromatic rings. The number of carbonyl (C=O) groups is 1. The SMILES string of the molecule is Cc1nc(NCCNC(=O)C2COc3ccccc3O2)cc(N(C)C)n1. The van der Waals surface area contributed by atoms with Crippen molar-refractivity contribution in [3.8, 4) is 11.5 Å². The average molecular weight is 357 g/mol. The standard InChI is InChI=1S/C18H23N5O3/c1-12-21-16(10-17(22-12)23(2)3)19-8-9-20-18(24)15-11-25-13-6-4-5-7-14(13)26-15/h4-7,10,15H,8-9,11H2,1-3H3,(H,20,24)(H,19,21,22). The highest BCUT2D eigenvalue weighted by atomic mass is 16.6.